The zero-order chi connectivity index (χ0) is 25.5. The minimum atomic E-state index is -0.536. The Balaban J connectivity index is 1.45. The van der Waals surface area contributed by atoms with Crippen molar-refractivity contribution in [2.24, 2.45) is 5.92 Å². The lowest BCUT2D eigenvalue weighted by Gasteiger charge is -2.09. The van der Waals surface area contributed by atoms with E-state index in [1.165, 1.54) is 18.6 Å². The number of anilines is 1. The number of hydrogen-bond donors (Lipinski definition) is 3. The van der Waals surface area contributed by atoms with E-state index in [9.17, 15) is 4.79 Å². The second-order valence-electron chi connectivity index (χ2n) is 8.76. The second kappa shape index (κ2) is 8.86. The molecule has 182 valence electrons. The van der Waals surface area contributed by atoms with Gasteiger partial charge >= 0.3 is 0 Å². The van der Waals surface area contributed by atoms with Crippen LogP contribution < -0.4 is 5.32 Å². The zero-order valence-corrected chi connectivity index (χ0v) is 19.8. The summed E-state index contributed by atoms with van der Waals surface area (Å²) < 4.78 is 16.0. The number of carbonyl (C=O) groups is 1. The number of nitrogens with zero attached hydrogens (tertiary/aromatic N) is 6. The maximum absolute atomic E-state index is 16.0. The van der Waals surface area contributed by atoms with E-state index in [0.29, 0.717) is 28.2 Å². The maximum atomic E-state index is 16.0. The molecule has 37 heavy (non-hydrogen) atoms. The van der Waals surface area contributed by atoms with Gasteiger partial charge in [0.05, 0.1) is 17.3 Å². The first-order valence-electron chi connectivity index (χ1n) is 11.5. The van der Waals surface area contributed by atoms with E-state index in [-0.39, 0.29) is 34.1 Å². The van der Waals surface area contributed by atoms with Gasteiger partial charge in [-0.2, -0.15) is 5.10 Å². The molecule has 0 radical (unpaired) electrons. The molecule has 10 nitrogen and oxygen atoms in total. The number of carbonyl (C=O) groups excluding carboxylic acids is 1. The number of imidazole rings is 1. The van der Waals surface area contributed by atoms with Crippen molar-refractivity contribution < 1.29 is 9.18 Å². The predicted molar refractivity (Wildman–Crippen MR) is 137 cm³/mol. The Labute approximate surface area is 209 Å². The van der Waals surface area contributed by atoms with Crippen molar-refractivity contribution >= 4 is 33.8 Å². The quantitative estimate of drug-likeness (QED) is 0.315. The van der Waals surface area contributed by atoms with Crippen molar-refractivity contribution in [3.05, 3.63) is 67.3 Å². The van der Waals surface area contributed by atoms with E-state index in [1.54, 1.807) is 38.5 Å². The van der Waals surface area contributed by atoms with Crippen molar-refractivity contribution in [2.45, 2.75) is 13.8 Å². The molecule has 6 heterocycles. The first kappa shape index (κ1) is 22.4. The topological polar surface area (TPSA) is 138 Å². The minimum Gasteiger partial charge on any atom is -0.324 e. The highest BCUT2D eigenvalue weighted by atomic mass is 19.1. The molecule has 0 aliphatic rings. The highest BCUT2D eigenvalue weighted by molar-refractivity contribution is 5.97. The first-order chi connectivity index (χ1) is 18.0. The van der Waals surface area contributed by atoms with Gasteiger partial charge < -0.3 is 10.3 Å². The van der Waals surface area contributed by atoms with Crippen molar-refractivity contribution in [1.29, 1.82) is 0 Å². The molecular weight excluding hydrogens is 473 g/mol. The van der Waals surface area contributed by atoms with Crippen LogP contribution in [0.4, 0.5) is 10.1 Å². The van der Waals surface area contributed by atoms with Crippen LogP contribution >= 0.6 is 0 Å². The molecule has 11 heteroatoms. The van der Waals surface area contributed by atoms with E-state index in [2.05, 4.69) is 40.4 Å². The van der Waals surface area contributed by atoms with Crippen LogP contribution in [-0.2, 0) is 4.79 Å². The monoisotopic (exact) mass is 493 g/mol. The molecule has 0 atom stereocenters. The summed E-state index contributed by atoms with van der Waals surface area (Å²) in [6.45, 7) is 3.58. The van der Waals surface area contributed by atoms with Gasteiger partial charge in [0, 0.05) is 53.6 Å². The lowest BCUT2D eigenvalue weighted by molar-refractivity contribution is -0.118. The molecule has 0 aliphatic carbocycles. The molecule has 0 saturated heterocycles. The highest BCUT2D eigenvalue weighted by Crippen LogP contribution is 2.34. The molecule has 0 unspecified atom stereocenters. The average Bonchev–Trinajstić information content (AvgIpc) is 3.54. The zero-order valence-electron chi connectivity index (χ0n) is 19.8. The van der Waals surface area contributed by atoms with E-state index in [0.717, 1.165) is 11.1 Å². The van der Waals surface area contributed by atoms with Gasteiger partial charge in [-0.25, -0.2) is 19.3 Å². The van der Waals surface area contributed by atoms with Gasteiger partial charge in [0.1, 0.15) is 17.0 Å². The molecule has 6 aromatic heterocycles. The maximum Gasteiger partial charge on any atom is 0.226 e. The second-order valence-corrected chi connectivity index (χ2v) is 8.76. The number of pyridine rings is 4. The summed E-state index contributed by atoms with van der Waals surface area (Å²) in [7, 11) is 0. The van der Waals surface area contributed by atoms with Gasteiger partial charge in [-0.05, 0) is 29.8 Å². The standard InChI is InChI=1S/C26H20FN9O/c1-13(2)26(37)32-16-9-15(10-29-11-16)18-12-31-23-19(20(18)27)22(35-36-23)25-33-21-17(5-8-30-24(21)34-25)14-3-6-28-7-4-14/h3-13H,1-2H3,(H,32,37)(H,30,33,34)(H,31,35,36). The largest absolute Gasteiger partial charge is 0.324 e. The molecule has 0 aromatic carbocycles. The summed E-state index contributed by atoms with van der Waals surface area (Å²) in [6, 6.07) is 7.29. The Bertz CT molecular complexity index is 1780. The van der Waals surface area contributed by atoms with E-state index < -0.39 is 5.82 Å². The van der Waals surface area contributed by atoms with E-state index >= 15 is 4.39 Å². The van der Waals surface area contributed by atoms with Gasteiger partial charge in [0.15, 0.2) is 17.1 Å². The van der Waals surface area contributed by atoms with Gasteiger partial charge in [0.25, 0.3) is 0 Å². The number of rotatable bonds is 5. The molecule has 3 N–H and O–H groups in total. The Morgan fingerprint density at radius 3 is 2.59 bits per heavy atom. The fraction of sp³-hybridized carbons (Fsp3) is 0.115. The fourth-order valence-electron chi connectivity index (χ4n) is 4.06. The number of fused-ring (bicyclic) bond motifs is 2. The summed E-state index contributed by atoms with van der Waals surface area (Å²) in [6.07, 6.45) is 9.53. The van der Waals surface area contributed by atoms with Gasteiger partial charge in [-0.1, -0.05) is 13.8 Å². The molecular formula is C26H20FN9O. The van der Waals surface area contributed by atoms with Crippen LogP contribution in [0.3, 0.4) is 0 Å². The van der Waals surface area contributed by atoms with E-state index in [4.69, 9.17) is 4.98 Å². The molecule has 0 bridgehead atoms. The number of aromatic nitrogens is 8. The summed E-state index contributed by atoms with van der Waals surface area (Å²) in [5.74, 6) is -0.547. The Kier molecular flexibility index (Phi) is 5.37. The normalized spacial score (nSPS) is 11.5. The average molecular weight is 494 g/mol. The van der Waals surface area contributed by atoms with Crippen molar-refractivity contribution in [2.75, 3.05) is 5.32 Å². The lowest BCUT2D eigenvalue weighted by Crippen LogP contribution is -2.17. The molecule has 0 spiro atoms. The highest BCUT2D eigenvalue weighted by Gasteiger charge is 2.22. The fourth-order valence-corrected chi connectivity index (χ4v) is 4.06. The molecule has 1 amide bonds. The molecule has 0 aliphatic heterocycles. The number of halogens is 1. The molecule has 0 saturated carbocycles. The van der Waals surface area contributed by atoms with Gasteiger partial charge in [-0.15, -0.1) is 0 Å². The van der Waals surface area contributed by atoms with E-state index in [1.807, 2.05) is 18.2 Å². The van der Waals surface area contributed by atoms with Crippen LogP contribution in [0.1, 0.15) is 13.8 Å². The van der Waals surface area contributed by atoms with Crippen LogP contribution in [0.15, 0.2) is 61.4 Å². The van der Waals surface area contributed by atoms with Crippen LogP contribution in [0.5, 0.6) is 0 Å². The van der Waals surface area contributed by atoms with Gasteiger partial charge in [0.2, 0.25) is 5.91 Å². The van der Waals surface area contributed by atoms with Crippen molar-refractivity contribution in [1.82, 2.24) is 40.1 Å². The number of H-pyrrole nitrogens is 2. The number of aromatic amines is 2. The van der Waals surface area contributed by atoms with Crippen molar-refractivity contribution in [3.63, 3.8) is 0 Å². The lowest BCUT2D eigenvalue weighted by atomic mass is 10.1. The summed E-state index contributed by atoms with van der Waals surface area (Å²) in [5.41, 5.74) is 4.66. The third-order valence-corrected chi connectivity index (χ3v) is 5.97. The molecule has 6 aromatic rings. The van der Waals surface area contributed by atoms with Crippen LogP contribution in [-0.4, -0.2) is 46.0 Å². The smallest absolute Gasteiger partial charge is 0.226 e. The number of amides is 1. The van der Waals surface area contributed by atoms with Crippen molar-refractivity contribution in [3.8, 4) is 33.8 Å². The third-order valence-electron chi connectivity index (χ3n) is 5.97. The van der Waals surface area contributed by atoms with Crippen LogP contribution in [0.25, 0.3) is 56.0 Å². The number of nitrogens with one attached hydrogen (secondary N) is 3. The number of hydrogen-bond acceptors (Lipinski definition) is 7. The SMILES string of the molecule is CC(C)C(=O)Nc1cncc(-c2cnc3[nH]nc(-c4nc5c(-c6ccncc6)ccnc5[nH]4)c3c2F)c1. The predicted octanol–water partition coefficient (Wildman–Crippen LogP) is 4.75. The summed E-state index contributed by atoms with van der Waals surface area (Å²) >= 11 is 0. The minimum absolute atomic E-state index is 0.158. The summed E-state index contributed by atoms with van der Waals surface area (Å²) in [5, 5.41) is 10.1. The Morgan fingerprint density at radius 2 is 1.78 bits per heavy atom. The molecule has 6 rings (SSSR count). The third kappa shape index (κ3) is 3.96. The summed E-state index contributed by atoms with van der Waals surface area (Å²) in [4.78, 5) is 37.0. The Morgan fingerprint density at radius 1 is 0.946 bits per heavy atom. The van der Waals surface area contributed by atoms with Gasteiger partial charge in [-0.3, -0.25) is 19.9 Å². The molecule has 0 fully saturated rings. The Hall–Kier alpha value is -5.06. The van der Waals surface area contributed by atoms with Crippen LogP contribution in [0, 0.1) is 11.7 Å². The first-order valence-corrected chi connectivity index (χ1v) is 11.5. The van der Waals surface area contributed by atoms with Crippen LogP contribution in [0.2, 0.25) is 0 Å².